The fourth-order valence-corrected chi connectivity index (χ4v) is 11.3. The van der Waals surface area contributed by atoms with Crippen LogP contribution in [-0.2, 0) is 14.3 Å². The third-order valence-corrected chi connectivity index (χ3v) is 13.7. The molecule has 5 rings (SSSR count). The largest absolute Gasteiger partial charge is 0.455 e. The van der Waals surface area contributed by atoms with E-state index in [1.54, 1.807) is 0 Å². The number of hydrogen-bond donors (Lipinski definition) is 1. The summed E-state index contributed by atoms with van der Waals surface area (Å²) in [5.41, 5.74) is -1.27. The monoisotopic (exact) mass is 529 g/mol. The number of nitrogens with one attached hydrogen (secondary N) is 1. The summed E-state index contributed by atoms with van der Waals surface area (Å²) in [6.45, 7) is 20.8. The molecule has 214 valence electrons. The predicted molar refractivity (Wildman–Crippen MR) is 149 cm³/mol. The summed E-state index contributed by atoms with van der Waals surface area (Å²) in [6.07, 6.45) is 6.83. The zero-order chi connectivity index (χ0) is 27.9. The first-order chi connectivity index (χ1) is 17.7. The minimum absolute atomic E-state index is 0.0530. The zero-order valence-corrected chi connectivity index (χ0v) is 25.1. The second-order valence-corrected chi connectivity index (χ2v) is 15.0. The van der Waals surface area contributed by atoms with Crippen molar-refractivity contribution in [3.63, 3.8) is 0 Å². The van der Waals surface area contributed by atoms with E-state index in [-0.39, 0.29) is 46.4 Å². The normalized spacial score (nSPS) is 51.3. The average molecular weight is 530 g/mol. The van der Waals surface area contributed by atoms with Crippen molar-refractivity contribution in [2.45, 2.75) is 124 Å². The summed E-state index contributed by atoms with van der Waals surface area (Å²) in [5, 5.41) is 3.05. The van der Waals surface area contributed by atoms with Crippen LogP contribution in [0.25, 0.3) is 0 Å². The Kier molecular flexibility index (Phi) is 6.71. The van der Waals surface area contributed by atoms with Gasteiger partial charge in [-0.05, 0) is 99.2 Å². The molecule has 1 amide bonds. The van der Waals surface area contributed by atoms with Gasteiger partial charge in [-0.3, -0.25) is 9.59 Å². The van der Waals surface area contributed by atoms with Gasteiger partial charge in [0, 0.05) is 24.3 Å². The Morgan fingerprint density at radius 3 is 2.50 bits per heavy atom. The molecule has 2 bridgehead atoms. The van der Waals surface area contributed by atoms with Crippen molar-refractivity contribution in [1.29, 1.82) is 0 Å². The fourth-order valence-electron chi connectivity index (χ4n) is 11.3. The molecule has 4 nitrogen and oxygen atoms in total. The Labute approximate surface area is 230 Å². The summed E-state index contributed by atoms with van der Waals surface area (Å²) in [5.74, 6) is 1.00. The lowest BCUT2D eigenvalue weighted by atomic mass is 9.31. The number of hydrogen-bond acceptors (Lipinski definition) is 3. The number of fused-ring (bicyclic) bond motifs is 2. The quantitative estimate of drug-likeness (QED) is 0.288. The molecule has 0 radical (unpaired) electrons. The van der Waals surface area contributed by atoms with Crippen LogP contribution < -0.4 is 5.32 Å². The number of ether oxygens (including phenoxy) is 1. The minimum Gasteiger partial charge on any atom is -0.455 e. The lowest BCUT2D eigenvalue weighted by molar-refractivity contribution is -0.297. The highest BCUT2D eigenvalue weighted by molar-refractivity contribution is 5.82. The Morgan fingerprint density at radius 1 is 1.13 bits per heavy atom. The van der Waals surface area contributed by atoms with Gasteiger partial charge < -0.3 is 10.1 Å². The van der Waals surface area contributed by atoms with Gasteiger partial charge in [0.15, 0.2) is 5.60 Å². The van der Waals surface area contributed by atoms with Crippen LogP contribution in [0.15, 0.2) is 12.2 Å². The van der Waals surface area contributed by atoms with Crippen molar-refractivity contribution in [2.24, 2.45) is 51.2 Å². The molecule has 0 aromatic rings. The van der Waals surface area contributed by atoms with Crippen LogP contribution in [-0.4, -0.2) is 30.2 Å². The SMILES string of the molecule is C=C(C)[C@@H]1CC[C@]2(C)[C@H](C[C@@H](F)C34OC(=O)[C@@]5(CC[C@@H](C)[C@H](C)[C@@H]35)CC[C@]42C)[C@@]1(C)CCC(=O)NCCC. The van der Waals surface area contributed by atoms with Gasteiger partial charge in [0.2, 0.25) is 5.91 Å². The van der Waals surface area contributed by atoms with Gasteiger partial charge >= 0.3 is 5.97 Å². The molecule has 0 aromatic carbocycles. The average Bonchev–Trinajstić information content (AvgIpc) is 3.08. The molecule has 5 aliphatic rings. The number of amides is 1. The summed E-state index contributed by atoms with van der Waals surface area (Å²) in [6, 6.07) is 0. The highest BCUT2D eigenvalue weighted by atomic mass is 19.1. The number of carbonyl (C=O) groups is 2. The van der Waals surface area contributed by atoms with Gasteiger partial charge in [0.25, 0.3) is 0 Å². The molecule has 5 fully saturated rings. The summed E-state index contributed by atoms with van der Waals surface area (Å²) < 4.78 is 23.8. The number of halogens is 1. The maximum atomic E-state index is 17.3. The van der Waals surface area contributed by atoms with E-state index in [0.29, 0.717) is 25.3 Å². The molecule has 1 spiro atoms. The number of rotatable bonds is 6. The highest BCUT2D eigenvalue weighted by Crippen LogP contribution is 2.80. The summed E-state index contributed by atoms with van der Waals surface area (Å²) >= 11 is 0. The summed E-state index contributed by atoms with van der Waals surface area (Å²) in [4.78, 5) is 26.5. The predicted octanol–water partition coefficient (Wildman–Crippen LogP) is 7.41. The molecule has 4 aliphatic carbocycles. The number of allylic oxidation sites excluding steroid dienone is 1. The second-order valence-electron chi connectivity index (χ2n) is 15.0. The van der Waals surface area contributed by atoms with Gasteiger partial charge in [-0.1, -0.05) is 53.7 Å². The number of alkyl halides is 1. The van der Waals surface area contributed by atoms with E-state index in [1.165, 1.54) is 0 Å². The van der Waals surface area contributed by atoms with Gasteiger partial charge in [-0.15, -0.1) is 0 Å². The third-order valence-electron chi connectivity index (χ3n) is 13.7. The standard InChI is InChI=1S/C33H52FNO3/c1-9-18-35-26(36)12-13-29(6)23(20(2)3)11-14-30(7)24(29)19-25(34)33-27-22(5)21(4)10-15-32(27,28(37)38-33)17-16-31(30,33)8/h21-25,27H,2,9-19H2,1,3-8H3,(H,35,36)/t21-,22+,23+,24-,25-,27-,29+,30-,31+,32+,33?/m1/s1. The second kappa shape index (κ2) is 9.06. The lowest BCUT2D eigenvalue weighted by Crippen LogP contribution is -2.75. The van der Waals surface area contributed by atoms with Crippen molar-refractivity contribution in [1.82, 2.24) is 5.32 Å². The van der Waals surface area contributed by atoms with E-state index in [9.17, 15) is 9.59 Å². The molecule has 1 N–H and O–H groups in total. The van der Waals surface area contributed by atoms with Crippen LogP contribution in [0, 0.1) is 51.2 Å². The molecular formula is C33H52FNO3. The molecular weight excluding hydrogens is 477 g/mol. The van der Waals surface area contributed by atoms with E-state index in [1.807, 2.05) is 0 Å². The van der Waals surface area contributed by atoms with Crippen LogP contribution in [0.1, 0.15) is 113 Å². The molecule has 1 saturated heterocycles. The maximum absolute atomic E-state index is 17.3. The molecule has 11 atom stereocenters. The molecule has 38 heavy (non-hydrogen) atoms. The molecule has 4 saturated carbocycles. The van der Waals surface area contributed by atoms with Crippen molar-refractivity contribution in [2.75, 3.05) is 6.54 Å². The Balaban J connectivity index is 1.58. The Bertz CT molecular complexity index is 1010. The zero-order valence-electron chi connectivity index (χ0n) is 25.1. The van der Waals surface area contributed by atoms with Crippen LogP contribution in [0.3, 0.4) is 0 Å². The first-order valence-electron chi connectivity index (χ1n) is 15.5. The van der Waals surface area contributed by atoms with Gasteiger partial charge in [0.1, 0.15) is 6.17 Å². The molecule has 5 heteroatoms. The fraction of sp³-hybridized carbons (Fsp3) is 0.879. The van der Waals surface area contributed by atoms with Crippen LogP contribution in [0.5, 0.6) is 0 Å². The van der Waals surface area contributed by atoms with Crippen molar-refractivity contribution >= 4 is 11.9 Å². The van der Waals surface area contributed by atoms with E-state index < -0.39 is 22.6 Å². The highest BCUT2D eigenvalue weighted by Gasteiger charge is 2.83. The van der Waals surface area contributed by atoms with E-state index >= 15 is 4.39 Å². The lowest BCUT2D eigenvalue weighted by Gasteiger charge is -2.73. The number of esters is 1. The van der Waals surface area contributed by atoms with Crippen molar-refractivity contribution in [3.05, 3.63) is 12.2 Å². The maximum Gasteiger partial charge on any atom is 0.313 e. The van der Waals surface area contributed by atoms with E-state index in [0.717, 1.165) is 56.9 Å². The van der Waals surface area contributed by atoms with Crippen LogP contribution >= 0.6 is 0 Å². The molecule has 1 heterocycles. The topological polar surface area (TPSA) is 55.4 Å². The molecule has 1 aliphatic heterocycles. The smallest absolute Gasteiger partial charge is 0.313 e. The van der Waals surface area contributed by atoms with Gasteiger partial charge in [-0.25, -0.2) is 4.39 Å². The van der Waals surface area contributed by atoms with Gasteiger partial charge in [0.05, 0.1) is 5.41 Å². The molecule has 1 unspecified atom stereocenters. The first-order valence-corrected chi connectivity index (χ1v) is 15.5. The Morgan fingerprint density at radius 2 is 1.84 bits per heavy atom. The Hall–Kier alpha value is -1.39. The minimum atomic E-state index is -1.19. The van der Waals surface area contributed by atoms with Crippen molar-refractivity contribution < 1.29 is 18.7 Å². The third kappa shape index (κ3) is 3.31. The first kappa shape index (κ1) is 28.1. The van der Waals surface area contributed by atoms with Crippen LogP contribution in [0.2, 0.25) is 0 Å². The molecule has 0 aromatic heterocycles. The number of carbonyl (C=O) groups excluding carboxylic acids is 2. The van der Waals surface area contributed by atoms with E-state index in [2.05, 4.69) is 60.4 Å². The summed E-state index contributed by atoms with van der Waals surface area (Å²) in [7, 11) is 0. The van der Waals surface area contributed by atoms with Gasteiger partial charge in [-0.2, -0.15) is 0 Å². The van der Waals surface area contributed by atoms with Crippen LogP contribution in [0.4, 0.5) is 4.39 Å². The van der Waals surface area contributed by atoms with Crippen molar-refractivity contribution in [3.8, 4) is 0 Å². The van der Waals surface area contributed by atoms with E-state index in [4.69, 9.17) is 4.74 Å².